The van der Waals surface area contributed by atoms with Gasteiger partial charge in [0.05, 0.1) is 5.56 Å². The van der Waals surface area contributed by atoms with E-state index in [1.165, 1.54) is 0 Å². The molecule has 0 amide bonds. The molecule has 0 bridgehead atoms. The Hall–Kier alpha value is -3.07. The van der Waals surface area contributed by atoms with Gasteiger partial charge in [0.15, 0.2) is 0 Å². The van der Waals surface area contributed by atoms with Crippen molar-refractivity contribution in [2.75, 3.05) is 0 Å². The molecule has 3 aromatic rings. The maximum Gasteiger partial charge on any atom is 0.335 e. The number of aromatic carboxylic acids is 1. The lowest BCUT2D eigenvalue weighted by atomic mass is 10.0. The summed E-state index contributed by atoms with van der Waals surface area (Å²) in [5.41, 5.74) is 2.43. The van der Waals surface area contributed by atoms with Gasteiger partial charge in [-0.15, -0.1) is 0 Å². The van der Waals surface area contributed by atoms with Crippen LogP contribution in [0.3, 0.4) is 0 Å². The van der Waals surface area contributed by atoms with Gasteiger partial charge in [0.1, 0.15) is 5.75 Å². The number of phenols is 1. The van der Waals surface area contributed by atoms with E-state index in [0.717, 1.165) is 11.1 Å². The van der Waals surface area contributed by atoms with Crippen LogP contribution in [-0.4, -0.2) is 16.2 Å². The molecule has 0 heterocycles. The van der Waals surface area contributed by atoms with Gasteiger partial charge in [0.2, 0.25) is 0 Å². The Morgan fingerprint density at radius 3 is 1.50 bits per heavy atom. The Morgan fingerprint density at radius 2 is 1.09 bits per heavy atom. The summed E-state index contributed by atoms with van der Waals surface area (Å²) in [6.45, 7) is 0. The highest BCUT2D eigenvalue weighted by atomic mass is 16.4. The number of phenolic OH excluding ortho intramolecular Hbond substituents is 1. The fourth-order valence-corrected chi connectivity index (χ4v) is 1.86. The monoisotopic (exact) mass is 292 g/mol. The van der Waals surface area contributed by atoms with Crippen molar-refractivity contribution in [3.05, 3.63) is 90.5 Å². The molecule has 0 aromatic heterocycles. The third-order valence-corrected chi connectivity index (χ3v) is 3.00. The number of para-hydroxylation sites is 1. The standard InChI is InChI=1S/C13H10O2.C6H6O/c14-13(15)12-8-6-11(7-9-12)10-4-2-1-3-5-10;7-6-4-2-1-3-5-6/h1-9H,(H,14,15);1-5,7H. The molecule has 0 spiro atoms. The Morgan fingerprint density at radius 1 is 0.636 bits per heavy atom. The average molecular weight is 292 g/mol. The first-order chi connectivity index (χ1) is 10.7. The van der Waals surface area contributed by atoms with E-state index < -0.39 is 5.97 Å². The number of carboxylic acids is 1. The molecule has 3 heteroatoms. The van der Waals surface area contributed by atoms with E-state index in [2.05, 4.69) is 0 Å². The van der Waals surface area contributed by atoms with Crippen LogP contribution < -0.4 is 0 Å². The number of hydrogen-bond acceptors (Lipinski definition) is 2. The Labute approximate surface area is 129 Å². The molecule has 3 aromatic carbocycles. The topological polar surface area (TPSA) is 57.5 Å². The predicted molar refractivity (Wildman–Crippen MR) is 86.9 cm³/mol. The number of hydrogen-bond donors (Lipinski definition) is 2. The molecule has 3 nitrogen and oxygen atoms in total. The quantitative estimate of drug-likeness (QED) is 0.734. The van der Waals surface area contributed by atoms with Crippen LogP contribution in [0.1, 0.15) is 10.4 Å². The smallest absolute Gasteiger partial charge is 0.335 e. The van der Waals surface area contributed by atoms with Gasteiger partial charge < -0.3 is 10.2 Å². The summed E-state index contributed by atoms with van der Waals surface area (Å²) < 4.78 is 0. The van der Waals surface area contributed by atoms with Gasteiger partial charge in [-0.1, -0.05) is 60.7 Å². The van der Waals surface area contributed by atoms with Crippen LogP contribution in [0.15, 0.2) is 84.9 Å². The van der Waals surface area contributed by atoms with Crippen molar-refractivity contribution in [1.29, 1.82) is 0 Å². The lowest BCUT2D eigenvalue weighted by Crippen LogP contribution is -1.94. The zero-order valence-electron chi connectivity index (χ0n) is 11.9. The van der Waals surface area contributed by atoms with E-state index in [-0.39, 0.29) is 0 Å². The molecule has 0 atom stereocenters. The van der Waals surface area contributed by atoms with Crippen molar-refractivity contribution in [1.82, 2.24) is 0 Å². The molecule has 0 saturated carbocycles. The minimum atomic E-state index is -0.894. The average Bonchev–Trinajstić information content (AvgIpc) is 2.57. The van der Waals surface area contributed by atoms with E-state index in [1.807, 2.05) is 48.5 Å². The third-order valence-electron chi connectivity index (χ3n) is 3.00. The van der Waals surface area contributed by atoms with Gasteiger partial charge >= 0.3 is 5.97 Å². The maximum absolute atomic E-state index is 10.6. The van der Waals surface area contributed by atoms with Crippen molar-refractivity contribution in [3.8, 4) is 16.9 Å². The van der Waals surface area contributed by atoms with Gasteiger partial charge in [0, 0.05) is 0 Å². The van der Waals surface area contributed by atoms with Gasteiger partial charge in [0.25, 0.3) is 0 Å². The molecule has 0 aliphatic carbocycles. The highest BCUT2D eigenvalue weighted by molar-refractivity contribution is 5.88. The van der Waals surface area contributed by atoms with Crippen LogP contribution in [0.4, 0.5) is 0 Å². The van der Waals surface area contributed by atoms with E-state index in [4.69, 9.17) is 10.2 Å². The van der Waals surface area contributed by atoms with Gasteiger partial charge in [-0.2, -0.15) is 0 Å². The molecular weight excluding hydrogens is 276 g/mol. The second-order valence-electron chi connectivity index (χ2n) is 4.58. The molecule has 0 aliphatic rings. The van der Waals surface area contributed by atoms with E-state index in [9.17, 15) is 4.79 Å². The zero-order valence-corrected chi connectivity index (χ0v) is 11.9. The van der Waals surface area contributed by atoms with Crippen molar-refractivity contribution < 1.29 is 15.0 Å². The number of rotatable bonds is 2. The van der Waals surface area contributed by atoms with Gasteiger partial charge in [-0.25, -0.2) is 4.79 Å². The number of carbonyl (C=O) groups is 1. The van der Waals surface area contributed by atoms with Crippen molar-refractivity contribution >= 4 is 5.97 Å². The van der Waals surface area contributed by atoms with E-state index >= 15 is 0 Å². The van der Waals surface area contributed by atoms with Crippen LogP contribution in [0.25, 0.3) is 11.1 Å². The molecule has 110 valence electrons. The fraction of sp³-hybridized carbons (Fsp3) is 0. The minimum Gasteiger partial charge on any atom is -0.508 e. The maximum atomic E-state index is 10.6. The molecular formula is C19H16O3. The summed E-state index contributed by atoms with van der Waals surface area (Å²) in [6.07, 6.45) is 0. The second kappa shape index (κ2) is 7.64. The highest BCUT2D eigenvalue weighted by Gasteiger charge is 2.02. The van der Waals surface area contributed by atoms with Crippen molar-refractivity contribution in [2.45, 2.75) is 0 Å². The number of aromatic hydroxyl groups is 1. The highest BCUT2D eigenvalue weighted by Crippen LogP contribution is 2.19. The largest absolute Gasteiger partial charge is 0.508 e. The summed E-state index contributed by atoms with van der Waals surface area (Å²) in [5, 5.41) is 17.4. The number of carboxylic acid groups (broad SMARTS) is 1. The first-order valence-electron chi connectivity index (χ1n) is 6.79. The fourth-order valence-electron chi connectivity index (χ4n) is 1.86. The van der Waals surface area contributed by atoms with Crippen LogP contribution in [0.2, 0.25) is 0 Å². The summed E-state index contributed by atoms with van der Waals surface area (Å²) >= 11 is 0. The molecule has 0 aliphatic heterocycles. The van der Waals surface area contributed by atoms with Crippen LogP contribution >= 0.6 is 0 Å². The molecule has 0 saturated heterocycles. The molecule has 0 unspecified atom stereocenters. The summed E-state index contributed by atoms with van der Waals surface area (Å²) in [4.78, 5) is 10.6. The molecule has 3 rings (SSSR count). The van der Waals surface area contributed by atoms with E-state index in [0.29, 0.717) is 11.3 Å². The first-order valence-corrected chi connectivity index (χ1v) is 6.79. The van der Waals surface area contributed by atoms with Gasteiger partial charge in [-0.3, -0.25) is 0 Å². The van der Waals surface area contributed by atoms with Crippen LogP contribution in [0, 0.1) is 0 Å². The third kappa shape index (κ3) is 4.49. The summed E-state index contributed by atoms with van der Waals surface area (Å²) in [5.74, 6) is -0.572. The zero-order chi connectivity index (χ0) is 15.8. The number of benzene rings is 3. The molecule has 0 radical (unpaired) electrons. The van der Waals surface area contributed by atoms with Crippen molar-refractivity contribution in [3.63, 3.8) is 0 Å². The Balaban J connectivity index is 0.000000211. The normalized spacial score (nSPS) is 9.45. The lowest BCUT2D eigenvalue weighted by Gasteiger charge is -2.01. The Bertz CT molecular complexity index is 705. The predicted octanol–water partition coefficient (Wildman–Crippen LogP) is 4.44. The van der Waals surface area contributed by atoms with Gasteiger partial charge in [-0.05, 0) is 35.4 Å². The SMILES string of the molecule is O=C(O)c1ccc(-c2ccccc2)cc1.Oc1ccccc1. The molecule has 22 heavy (non-hydrogen) atoms. The summed E-state index contributed by atoms with van der Waals surface area (Å²) in [7, 11) is 0. The first kappa shape index (κ1) is 15.3. The van der Waals surface area contributed by atoms with Crippen LogP contribution in [0.5, 0.6) is 5.75 Å². The van der Waals surface area contributed by atoms with E-state index in [1.54, 1.807) is 36.4 Å². The Kier molecular flexibility index (Phi) is 5.32. The summed E-state index contributed by atoms with van der Waals surface area (Å²) in [6, 6.07) is 25.4. The lowest BCUT2D eigenvalue weighted by molar-refractivity contribution is 0.0697. The van der Waals surface area contributed by atoms with Crippen molar-refractivity contribution in [2.24, 2.45) is 0 Å². The second-order valence-corrected chi connectivity index (χ2v) is 4.58. The minimum absolute atomic E-state index is 0.315. The molecule has 2 N–H and O–H groups in total. The molecule has 0 fully saturated rings. The van der Waals surface area contributed by atoms with Crippen LogP contribution in [-0.2, 0) is 0 Å².